The summed E-state index contributed by atoms with van der Waals surface area (Å²) in [5, 5.41) is 9.90. The zero-order valence-electron chi connectivity index (χ0n) is 10.2. The Morgan fingerprint density at radius 1 is 1.30 bits per heavy atom. The number of ether oxygens (including phenoxy) is 2. The number of nitrogens with zero attached hydrogens (tertiary/aromatic N) is 2. The van der Waals surface area contributed by atoms with Crippen LogP contribution in [0.2, 0.25) is 0 Å². The zero-order valence-corrected chi connectivity index (χ0v) is 10.2. The third kappa shape index (κ3) is 3.74. The second-order valence-corrected chi connectivity index (χ2v) is 3.84. The SMILES string of the molecule is O=COC(Cc1c[nH]nn1)c1ccc(OC(F)F)cc1. The summed E-state index contributed by atoms with van der Waals surface area (Å²) in [6.07, 6.45) is 1.33. The lowest BCUT2D eigenvalue weighted by molar-refractivity contribution is -0.133. The Labute approximate surface area is 112 Å². The van der Waals surface area contributed by atoms with Gasteiger partial charge in [0.15, 0.2) is 0 Å². The largest absolute Gasteiger partial charge is 0.459 e. The van der Waals surface area contributed by atoms with Gasteiger partial charge in [-0.2, -0.15) is 8.78 Å². The highest BCUT2D eigenvalue weighted by Crippen LogP contribution is 2.23. The van der Waals surface area contributed by atoms with Crippen molar-refractivity contribution in [2.75, 3.05) is 0 Å². The number of halogens is 2. The first kappa shape index (κ1) is 13.9. The van der Waals surface area contributed by atoms with Gasteiger partial charge in [-0.1, -0.05) is 17.3 Å². The van der Waals surface area contributed by atoms with Crippen LogP contribution < -0.4 is 4.74 Å². The molecule has 1 atom stereocenters. The number of hydrogen-bond acceptors (Lipinski definition) is 5. The molecule has 0 saturated heterocycles. The molecule has 1 heterocycles. The molecule has 20 heavy (non-hydrogen) atoms. The molecular weight excluding hydrogens is 272 g/mol. The number of aromatic nitrogens is 3. The Kier molecular flexibility index (Phi) is 4.59. The van der Waals surface area contributed by atoms with E-state index >= 15 is 0 Å². The lowest BCUT2D eigenvalue weighted by Crippen LogP contribution is -2.08. The van der Waals surface area contributed by atoms with Crippen molar-refractivity contribution in [1.82, 2.24) is 15.4 Å². The summed E-state index contributed by atoms with van der Waals surface area (Å²) in [5.41, 5.74) is 1.26. The van der Waals surface area contributed by atoms with E-state index in [-0.39, 0.29) is 5.75 Å². The van der Waals surface area contributed by atoms with Crippen LogP contribution in [0.4, 0.5) is 8.78 Å². The Balaban J connectivity index is 2.10. The molecule has 1 aromatic heterocycles. The summed E-state index contributed by atoms with van der Waals surface area (Å²) >= 11 is 0. The highest BCUT2D eigenvalue weighted by molar-refractivity contribution is 5.39. The van der Waals surface area contributed by atoms with E-state index in [9.17, 15) is 13.6 Å². The molecule has 1 N–H and O–H groups in total. The molecule has 2 aromatic rings. The number of nitrogens with one attached hydrogen (secondary N) is 1. The van der Waals surface area contributed by atoms with E-state index in [0.29, 0.717) is 24.2 Å². The van der Waals surface area contributed by atoms with Gasteiger partial charge in [0.2, 0.25) is 0 Å². The number of hydrogen-bond donors (Lipinski definition) is 1. The normalized spacial score (nSPS) is 12.2. The van der Waals surface area contributed by atoms with Crippen LogP contribution in [-0.2, 0) is 16.0 Å². The molecule has 0 spiro atoms. The first-order chi connectivity index (χ1) is 9.69. The van der Waals surface area contributed by atoms with Crippen molar-refractivity contribution >= 4 is 6.47 Å². The van der Waals surface area contributed by atoms with Crippen molar-refractivity contribution in [2.24, 2.45) is 0 Å². The lowest BCUT2D eigenvalue weighted by atomic mass is 10.1. The zero-order chi connectivity index (χ0) is 14.4. The molecule has 0 aliphatic carbocycles. The van der Waals surface area contributed by atoms with Crippen LogP contribution in [0.1, 0.15) is 17.4 Å². The van der Waals surface area contributed by atoms with E-state index in [0.717, 1.165) is 0 Å². The maximum Gasteiger partial charge on any atom is 0.387 e. The van der Waals surface area contributed by atoms with Crippen LogP contribution in [0.15, 0.2) is 30.5 Å². The topological polar surface area (TPSA) is 77.1 Å². The van der Waals surface area contributed by atoms with Crippen molar-refractivity contribution in [3.05, 3.63) is 41.7 Å². The van der Waals surface area contributed by atoms with Crippen molar-refractivity contribution in [3.63, 3.8) is 0 Å². The maximum atomic E-state index is 12.0. The van der Waals surface area contributed by atoms with E-state index < -0.39 is 12.7 Å². The van der Waals surface area contributed by atoms with Gasteiger partial charge in [-0.25, -0.2) is 0 Å². The number of benzene rings is 1. The first-order valence-corrected chi connectivity index (χ1v) is 5.68. The van der Waals surface area contributed by atoms with Crippen LogP contribution >= 0.6 is 0 Å². The molecular formula is C12H11F2N3O3. The molecule has 0 radical (unpaired) electrons. The monoisotopic (exact) mass is 283 g/mol. The van der Waals surface area contributed by atoms with Crippen molar-refractivity contribution in [2.45, 2.75) is 19.1 Å². The van der Waals surface area contributed by atoms with Gasteiger partial charge in [0.1, 0.15) is 11.9 Å². The van der Waals surface area contributed by atoms with Gasteiger partial charge in [-0.05, 0) is 17.7 Å². The fourth-order valence-corrected chi connectivity index (χ4v) is 1.69. The average molecular weight is 283 g/mol. The van der Waals surface area contributed by atoms with Gasteiger partial charge in [0, 0.05) is 12.6 Å². The van der Waals surface area contributed by atoms with E-state index in [2.05, 4.69) is 20.1 Å². The second-order valence-electron chi connectivity index (χ2n) is 3.84. The summed E-state index contributed by atoms with van der Waals surface area (Å²) < 4.78 is 33.3. The fourth-order valence-electron chi connectivity index (χ4n) is 1.69. The molecule has 0 aliphatic heterocycles. The van der Waals surface area contributed by atoms with Crippen LogP contribution in [0, 0.1) is 0 Å². The molecule has 0 bridgehead atoms. The van der Waals surface area contributed by atoms with Gasteiger partial charge >= 0.3 is 6.61 Å². The first-order valence-electron chi connectivity index (χ1n) is 5.68. The second kappa shape index (κ2) is 6.60. The molecule has 0 amide bonds. The number of aromatic amines is 1. The molecule has 8 heteroatoms. The third-order valence-electron chi connectivity index (χ3n) is 2.56. The van der Waals surface area contributed by atoms with Gasteiger partial charge < -0.3 is 9.47 Å². The minimum absolute atomic E-state index is 0.0371. The maximum absolute atomic E-state index is 12.0. The summed E-state index contributed by atoms with van der Waals surface area (Å²) in [5.74, 6) is 0.0371. The minimum atomic E-state index is -2.88. The molecule has 0 fully saturated rings. The summed E-state index contributed by atoms with van der Waals surface area (Å²) in [4.78, 5) is 10.5. The van der Waals surface area contributed by atoms with Gasteiger partial charge in [0.05, 0.1) is 5.69 Å². The third-order valence-corrected chi connectivity index (χ3v) is 2.56. The highest BCUT2D eigenvalue weighted by atomic mass is 19.3. The van der Waals surface area contributed by atoms with Crippen LogP contribution in [0.25, 0.3) is 0 Å². The molecule has 1 unspecified atom stereocenters. The molecule has 6 nitrogen and oxygen atoms in total. The predicted molar refractivity (Wildman–Crippen MR) is 63.1 cm³/mol. The molecule has 0 aliphatic rings. The van der Waals surface area contributed by atoms with Crippen LogP contribution in [0.5, 0.6) is 5.75 Å². The quantitative estimate of drug-likeness (QED) is 0.785. The lowest BCUT2D eigenvalue weighted by Gasteiger charge is -2.14. The fraction of sp³-hybridized carbons (Fsp3) is 0.250. The number of carbonyl (C=O) groups excluding carboxylic acids is 1. The van der Waals surface area contributed by atoms with Gasteiger partial charge in [-0.3, -0.25) is 9.89 Å². The van der Waals surface area contributed by atoms with Gasteiger partial charge in [-0.15, -0.1) is 5.10 Å². The standard InChI is InChI=1S/C12H11F2N3O3/c13-12(14)20-10-3-1-8(2-4-10)11(19-7-18)5-9-6-15-17-16-9/h1-4,6-7,11-12H,5H2,(H,15,16,17). The average Bonchev–Trinajstić information content (AvgIpc) is 2.91. The van der Waals surface area contributed by atoms with Crippen molar-refractivity contribution < 1.29 is 23.0 Å². The molecule has 106 valence electrons. The van der Waals surface area contributed by atoms with Crippen molar-refractivity contribution in [3.8, 4) is 5.75 Å². The Hall–Kier alpha value is -2.51. The molecule has 2 rings (SSSR count). The number of carbonyl (C=O) groups is 1. The van der Waals surface area contributed by atoms with Crippen molar-refractivity contribution in [1.29, 1.82) is 0 Å². The highest BCUT2D eigenvalue weighted by Gasteiger charge is 2.15. The predicted octanol–water partition coefficient (Wildman–Crippen LogP) is 1.86. The number of H-pyrrole nitrogens is 1. The van der Waals surface area contributed by atoms with Crippen LogP contribution in [-0.4, -0.2) is 28.5 Å². The molecule has 1 aromatic carbocycles. The number of alkyl halides is 2. The summed E-state index contributed by atoms with van der Waals surface area (Å²) in [6.45, 7) is -2.55. The van der Waals surface area contributed by atoms with E-state index in [1.165, 1.54) is 12.1 Å². The Morgan fingerprint density at radius 2 is 2.05 bits per heavy atom. The number of rotatable bonds is 7. The van der Waals surface area contributed by atoms with E-state index in [1.54, 1.807) is 18.3 Å². The van der Waals surface area contributed by atoms with Crippen LogP contribution in [0.3, 0.4) is 0 Å². The Morgan fingerprint density at radius 3 is 2.60 bits per heavy atom. The summed E-state index contributed by atoms with van der Waals surface area (Å²) in [7, 11) is 0. The summed E-state index contributed by atoms with van der Waals surface area (Å²) in [6, 6.07) is 5.86. The minimum Gasteiger partial charge on any atom is -0.459 e. The Bertz CT molecular complexity index is 531. The molecule has 0 saturated carbocycles. The van der Waals surface area contributed by atoms with Gasteiger partial charge in [0.25, 0.3) is 6.47 Å². The van der Waals surface area contributed by atoms with E-state index in [4.69, 9.17) is 4.74 Å². The smallest absolute Gasteiger partial charge is 0.387 e. The van der Waals surface area contributed by atoms with E-state index in [1.807, 2.05) is 0 Å².